The highest BCUT2D eigenvalue weighted by Gasteiger charge is 2.38. The number of hydrogen-bond donors (Lipinski definition) is 0. The first-order chi connectivity index (χ1) is 14.7. The second kappa shape index (κ2) is 7.06. The van der Waals surface area contributed by atoms with Crippen LogP contribution in [0.2, 0.25) is 0 Å². The van der Waals surface area contributed by atoms with Crippen LogP contribution in [-0.2, 0) is 13.2 Å². The summed E-state index contributed by atoms with van der Waals surface area (Å²) in [6.45, 7) is 2.30. The van der Waals surface area contributed by atoms with Crippen molar-refractivity contribution in [3.63, 3.8) is 0 Å². The molecule has 164 valence electrons. The second-order valence-corrected chi connectivity index (χ2v) is 8.50. The molecule has 0 spiro atoms. The number of piperidine rings is 1. The molecule has 2 fully saturated rings. The van der Waals surface area contributed by atoms with Crippen LogP contribution in [0.5, 0.6) is 0 Å². The molecule has 5 rings (SSSR count). The third kappa shape index (κ3) is 3.57. The number of amides is 1. The molecule has 0 bridgehead atoms. The average molecular weight is 433 g/mol. The number of rotatable bonds is 3. The summed E-state index contributed by atoms with van der Waals surface area (Å²) in [6, 6.07) is 2.85. The molecule has 1 amide bonds. The van der Waals surface area contributed by atoms with Gasteiger partial charge in [-0.2, -0.15) is 18.3 Å². The van der Waals surface area contributed by atoms with Crippen LogP contribution in [0.25, 0.3) is 11.1 Å². The van der Waals surface area contributed by atoms with Crippen molar-refractivity contribution in [1.29, 1.82) is 0 Å². The van der Waals surface area contributed by atoms with Gasteiger partial charge in [-0.15, -0.1) is 0 Å². The van der Waals surface area contributed by atoms with Gasteiger partial charge in [-0.05, 0) is 44.7 Å². The van der Waals surface area contributed by atoms with Crippen LogP contribution >= 0.6 is 0 Å². The van der Waals surface area contributed by atoms with Crippen LogP contribution in [0.4, 0.5) is 13.2 Å². The Morgan fingerprint density at radius 3 is 2.68 bits per heavy atom. The van der Waals surface area contributed by atoms with E-state index in [0.717, 1.165) is 24.6 Å². The van der Waals surface area contributed by atoms with Crippen molar-refractivity contribution in [3.05, 3.63) is 40.5 Å². The zero-order valence-electron chi connectivity index (χ0n) is 17.2. The van der Waals surface area contributed by atoms with Gasteiger partial charge in [0.05, 0.1) is 22.3 Å². The number of pyridine rings is 1. The summed E-state index contributed by atoms with van der Waals surface area (Å²) in [5.74, 6) is -0.0924. The molecule has 4 heterocycles. The number of likely N-dealkylation sites (tertiary alicyclic amines) is 1. The van der Waals surface area contributed by atoms with Gasteiger partial charge >= 0.3 is 6.18 Å². The molecular weight excluding hydrogens is 411 g/mol. The molecule has 10 heteroatoms. The van der Waals surface area contributed by atoms with Gasteiger partial charge in [0.15, 0.2) is 0 Å². The van der Waals surface area contributed by atoms with Crippen molar-refractivity contribution in [2.45, 2.75) is 50.6 Å². The van der Waals surface area contributed by atoms with E-state index < -0.39 is 11.7 Å². The standard InChI is InChI=1S/C21H22F3N5O2/c1-11-8-14(21(22,23)24)17-18(27-31-19(17)25-11)13-4-3-7-29(10-13)20(30)16-9-15(12-5-6-12)26-28(16)2/h8-9,12-13H,3-7,10H2,1-2H3. The maximum absolute atomic E-state index is 13.7. The normalized spacial score (nSPS) is 19.9. The van der Waals surface area contributed by atoms with E-state index in [2.05, 4.69) is 15.2 Å². The molecule has 0 radical (unpaired) electrons. The molecule has 1 unspecified atom stereocenters. The van der Waals surface area contributed by atoms with Gasteiger partial charge in [0, 0.05) is 37.7 Å². The first-order valence-corrected chi connectivity index (χ1v) is 10.4. The molecular formula is C21H22F3N5O2. The SMILES string of the molecule is Cc1cc(C(F)(F)F)c2c(C3CCCN(C(=O)c4cc(C5CC5)nn4C)C3)noc2n1. The van der Waals surface area contributed by atoms with E-state index in [1.807, 2.05) is 6.07 Å². The summed E-state index contributed by atoms with van der Waals surface area (Å²) in [5, 5.41) is 8.31. The van der Waals surface area contributed by atoms with E-state index in [1.165, 1.54) is 6.92 Å². The molecule has 1 aliphatic carbocycles. The highest BCUT2D eigenvalue weighted by atomic mass is 19.4. The van der Waals surface area contributed by atoms with Crippen molar-refractivity contribution >= 4 is 17.0 Å². The van der Waals surface area contributed by atoms with Crippen molar-refractivity contribution in [2.75, 3.05) is 13.1 Å². The van der Waals surface area contributed by atoms with Gasteiger partial charge in [-0.1, -0.05) is 5.16 Å². The minimum absolute atomic E-state index is 0.103. The number of halogens is 3. The molecule has 3 aromatic rings. The Morgan fingerprint density at radius 1 is 1.19 bits per heavy atom. The number of fused-ring (bicyclic) bond motifs is 1. The molecule has 3 aromatic heterocycles. The summed E-state index contributed by atoms with van der Waals surface area (Å²) in [7, 11) is 1.75. The third-order valence-electron chi connectivity index (χ3n) is 6.12. The lowest BCUT2D eigenvalue weighted by molar-refractivity contribution is -0.136. The first kappa shape index (κ1) is 20.0. The van der Waals surface area contributed by atoms with Crippen LogP contribution in [0, 0.1) is 6.92 Å². The van der Waals surface area contributed by atoms with E-state index in [0.29, 0.717) is 31.0 Å². The summed E-state index contributed by atoms with van der Waals surface area (Å²) in [5.41, 5.74) is 0.947. The number of hydrogen-bond acceptors (Lipinski definition) is 5. The van der Waals surface area contributed by atoms with Crippen molar-refractivity contribution < 1.29 is 22.5 Å². The smallest absolute Gasteiger partial charge is 0.337 e. The van der Waals surface area contributed by atoms with E-state index in [1.54, 1.807) is 16.6 Å². The highest BCUT2D eigenvalue weighted by Crippen LogP contribution is 2.41. The Balaban J connectivity index is 1.46. The van der Waals surface area contributed by atoms with Gasteiger partial charge in [0.1, 0.15) is 5.69 Å². The minimum Gasteiger partial charge on any atom is -0.337 e. The fourth-order valence-electron chi connectivity index (χ4n) is 4.41. The van der Waals surface area contributed by atoms with E-state index in [-0.39, 0.29) is 40.9 Å². The maximum Gasteiger partial charge on any atom is 0.417 e. The average Bonchev–Trinajstić information content (AvgIpc) is 3.37. The summed E-state index contributed by atoms with van der Waals surface area (Å²) >= 11 is 0. The largest absolute Gasteiger partial charge is 0.417 e. The van der Waals surface area contributed by atoms with Gasteiger partial charge in [0.2, 0.25) is 0 Å². The highest BCUT2D eigenvalue weighted by molar-refractivity contribution is 5.93. The molecule has 1 saturated heterocycles. The molecule has 2 aliphatic rings. The van der Waals surface area contributed by atoms with Crippen molar-refractivity contribution in [2.24, 2.45) is 7.05 Å². The first-order valence-electron chi connectivity index (χ1n) is 10.4. The molecule has 1 aliphatic heterocycles. The fraction of sp³-hybridized carbons (Fsp3) is 0.524. The third-order valence-corrected chi connectivity index (χ3v) is 6.12. The van der Waals surface area contributed by atoms with Gasteiger partial charge in [-0.25, -0.2) is 4.98 Å². The monoisotopic (exact) mass is 433 g/mol. The lowest BCUT2D eigenvalue weighted by Gasteiger charge is -2.32. The lowest BCUT2D eigenvalue weighted by Crippen LogP contribution is -2.40. The van der Waals surface area contributed by atoms with Crippen LogP contribution < -0.4 is 0 Å². The Kier molecular flexibility index (Phi) is 4.56. The summed E-state index contributed by atoms with van der Waals surface area (Å²) in [4.78, 5) is 18.9. The predicted octanol–water partition coefficient (Wildman–Crippen LogP) is 4.18. The number of aryl methyl sites for hydroxylation is 2. The summed E-state index contributed by atoms with van der Waals surface area (Å²) < 4.78 is 47.9. The molecule has 0 N–H and O–H groups in total. The minimum atomic E-state index is -4.55. The quantitative estimate of drug-likeness (QED) is 0.619. The van der Waals surface area contributed by atoms with Gasteiger partial charge < -0.3 is 9.42 Å². The molecule has 7 nitrogen and oxygen atoms in total. The Hall–Kier alpha value is -2.91. The van der Waals surface area contributed by atoms with Crippen molar-refractivity contribution in [3.8, 4) is 0 Å². The predicted molar refractivity (Wildman–Crippen MR) is 105 cm³/mol. The topological polar surface area (TPSA) is 77.0 Å². The molecule has 31 heavy (non-hydrogen) atoms. The van der Waals surface area contributed by atoms with E-state index in [4.69, 9.17) is 4.52 Å². The van der Waals surface area contributed by atoms with Crippen LogP contribution in [0.1, 0.15) is 70.7 Å². The number of carbonyl (C=O) groups excluding carboxylic acids is 1. The Labute approximate surface area is 176 Å². The van der Waals surface area contributed by atoms with Gasteiger partial charge in [0.25, 0.3) is 11.6 Å². The number of aromatic nitrogens is 4. The van der Waals surface area contributed by atoms with Gasteiger partial charge in [-0.3, -0.25) is 9.48 Å². The maximum atomic E-state index is 13.7. The van der Waals surface area contributed by atoms with E-state index >= 15 is 0 Å². The molecule has 1 saturated carbocycles. The number of carbonyl (C=O) groups is 1. The molecule has 0 aromatic carbocycles. The Morgan fingerprint density at radius 2 is 1.97 bits per heavy atom. The zero-order valence-corrected chi connectivity index (χ0v) is 17.2. The fourth-order valence-corrected chi connectivity index (χ4v) is 4.41. The van der Waals surface area contributed by atoms with Crippen LogP contribution in [0.3, 0.4) is 0 Å². The van der Waals surface area contributed by atoms with E-state index in [9.17, 15) is 18.0 Å². The van der Waals surface area contributed by atoms with Crippen molar-refractivity contribution in [1.82, 2.24) is 24.8 Å². The Bertz CT molecular complexity index is 1160. The second-order valence-electron chi connectivity index (χ2n) is 8.50. The summed E-state index contributed by atoms with van der Waals surface area (Å²) in [6.07, 6.45) is -1.09. The number of nitrogens with zero attached hydrogens (tertiary/aromatic N) is 5. The van der Waals surface area contributed by atoms with Crippen LogP contribution in [0.15, 0.2) is 16.7 Å². The molecule has 1 atom stereocenters. The number of alkyl halides is 3. The lowest BCUT2D eigenvalue weighted by atomic mass is 9.91. The van der Waals surface area contributed by atoms with Crippen LogP contribution in [-0.4, -0.2) is 43.8 Å². The zero-order chi connectivity index (χ0) is 21.9.